The molecule has 1 aromatic heterocycles. The lowest BCUT2D eigenvalue weighted by Gasteiger charge is -2.07. The Morgan fingerprint density at radius 1 is 1.19 bits per heavy atom. The van der Waals surface area contributed by atoms with Crippen LogP contribution >= 0.6 is 15.9 Å². The lowest BCUT2D eigenvalue weighted by atomic mass is 10.2. The number of rotatable bonds is 2. The number of hydrogen-bond donors (Lipinski definition) is 0. The van der Waals surface area contributed by atoms with Crippen molar-refractivity contribution in [2.45, 2.75) is 6.54 Å². The average Bonchev–Trinajstić information content (AvgIpc) is 2.25. The summed E-state index contributed by atoms with van der Waals surface area (Å²) >= 11 is 3.30. The van der Waals surface area contributed by atoms with Crippen LogP contribution in [-0.4, -0.2) is 4.57 Å². The van der Waals surface area contributed by atoms with Crippen LogP contribution in [0.1, 0.15) is 5.56 Å². The summed E-state index contributed by atoms with van der Waals surface area (Å²) in [6.07, 6.45) is 3.41. The zero-order valence-corrected chi connectivity index (χ0v) is 9.95. The van der Waals surface area contributed by atoms with Crippen molar-refractivity contribution >= 4 is 15.9 Å². The van der Waals surface area contributed by atoms with Gasteiger partial charge in [0.05, 0.1) is 0 Å². The maximum atomic E-state index is 12.9. The van der Waals surface area contributed by atoms with Crippen molar-refractivity contribution in [2.24, 2.45) is 0 Å². The molecule has 4 heteroatoms. The van der Waals surface area contributed by atoms with E-state index in [2.05, 4.69) is 15.9 Å². The van der Waals surface area contributed by atoms with E-state index in [1.807, 2.05) is 4.57 Å². The molecule has 0 bridgehead atoms. The van der Waals surface area contributed by atoms with E-state index < -0.39 is 0 Å². The maximum Gasteiger partial charge on any atom is 0.181 e. The molecule has 0 radical (unpaired) electrons. The summed E-state index contributed by atoms with van der Waals surface area (Å²) in [7, 11) is 0. The second-order valence-corrected chi connectivity index (χ2v) is 4.30. The third kappa shape index (κ3) is 2.58. The van der Waals surface area contributed by atoms with Crippen LogP contribution in [-0.2, 0) is 6.54 Å². The summed E-state index contributed by atoms with van der Waals surface area (Å²) in [6, 6.07) is 7.56. The van der Waals surface area contributed by atoms with Gasteiger partial charge in [0.25, 0.3) is 0 Å². The van der Waals surface area contributed by atoms with Gasteiger partial charge in [-0.25, -0.2) is 4.39 Å². The molecule has 0 N–H and O–H groups in total. The fraction of sp³-hybridized carbons (Fsp3) is 0.0833. The van der Waals surface area contributed by atoms with Gasteiger partial charge in [-0.05, 0) is 17.7 Å². The second-order valence-electron chi connectivity index (χ2n) is 3.44. The van der Waals surface area contributed by atoms with Gasteiger partial charge in [0.2, 0.25) is 0 Å². The Bertz CT molecular complexity index is 545. The molecule has 0 atom stereocenters. The molecule has 0 unspecified atom stereocenters. The Labute approximate surface area is 100 Å². The summed E-state index contributed by atoms with van der Waals surface area (Å²) in [5.74, 6) is -0.268. The molecule has 0 spiro atoms. The van der Waals surface area contributed by atoms with Crippen molar-refractivity contribution in [3.8, 4) is 0 Å². The minimum absolute atomic E-state index is 0.0191. The molecule has 0 aliphatic carbocycles. The lowest BCUT2D eigenvalue weighted by Crippen LogP contribution is -2.05. The van der Waals surface area contributed by atoms with E-state index >= 15 is 0 Å². The molecule has 0 saturated carbocycles. The largest absolute Gasteiger partial charge is 0.350 e. The van der Waals surface area contributed by atoms with Gasteiger partial charge in [-0.1, -0.05) is 22.0 Å². The van der Waals surface area contributed by atoms with E-state index in [0.717, 1.165) is 10.0 Å². The normalized spacial score (nSPS) is 10.4. The van der Waals surface area contributed by atoms with Crippen LogP contribution in [0.15, 0.2) is 52.0 Å². The summed E-state index contributed by atoms with van der Waals surface area (Å²) < 4.78 is 15.4. The van der Waals surface area contributed by atoms with Crippen LogP contribution in [0.5, 0.6) is 0 Å². The van der Waals surface area contributed by atoms with Crippen LogP contribution in [0.3, 0.4) is 0 Å². The van der Waals surface area contributed by atoms with E-state index in [4.69, 9.17) is 0 Å². The molecule has 1 aromatic carbocycles. The molecular weight excluding hydrogens is 273 g/mol. The van der Waals surface area contributed by atoms with Crippen LogP contribution in [0, 0.1) is 5.82 Å². The first-order valence-electron chi connectivity index (χ1n) is 4.75. The highest BCUT2D eigenvalue weighted by Crippen LogP contribution is 2.18. The van der Waals surface area contributed by atoms with E-state index in [0.29, 0.717) is 6.54 Å². The van der Waals surface area contributed by atoms with Gasteiger partial charge in [-0.3, -0.25) is 4.79 Å². The summed E-state index contributed by atoms with van der Waals surface area (Å²) in [4.78, 5) is 10.9. The van der Waals surface area contributed by atoms with Crippen molar-refractivity contribution in [3.63, 3.8) is 0 Å². The molecule has 2 rings (SSSR count). The summed E-state index contributed by atoms with van der Waals surface area (Å²) in [5.41, 5.74) is 0.944. The zero-order chi connectivity index (χ0) is 11.5. The van der Waals surface area contributed by atoms with E-state index in [1.54, 1.807) is 18.5 Å². The van der Waals surface area contributed by atoms with E-state index in [1.165, 1.54) is 24.3 Å². The van der Waals surface area contributed by atoms with Gasteiger partial charge < -0.3 is 4.57 Å². The molecule has 1 heterocycles. The Hall–Kier alpha value is -1.42. The van der Waals surface area contributed by atoms with Gasteiger partial charge in [-0.15, -0.1) is 0 Å². The second kappa shape index (κ2) is 4.61. The van der Waals surface area contributed by atoms with E-state index in [9.17, 15) is 9.18 Å². The van der Waals surface area contributed by atoms with Crippen molar-refractivity contribution in [3.05, 3.63) is 68.8 Å². The van der Waals surface area contributed by atoms with Gasteiger partial charge in [0.15, 0.2) is 5.43 Å². The molecule has 0 saturated heterocycles. The number of halogens is 2. The molecule has 82 valence electrons. The third-order valence-electron chi connectivity index (χ3n) is 2.23. The highest BCUT2D eigenvalue weighted by Gasteiger charge is 2.01. The first kappa shape index (κ1) is 11.1. The lowest BCUT2D eigenvalue weighted by molar-refractivity contribution is 0.625. The molecule has 0 aliphatic heterocycles. The van der Waals surface area contributed by atoms with Gasteiger partial charge in [-0.2, -0.15) is 0 Å². The van der Waals surface area contributed by atoms with Crippen LogP contribution in [0.25, 0.3) is 0 Å². The maximum absolute atomic E-state index is 12.9. The molecule has 16 heavy (non-hydrogen) atoms. The Kier molecular flexibility index (Phi) is 3.19. The molecule has 0 fully saturated rings. The fourth-order valence-electron chi connectivity index (χ4n) is 1.40. The van der Waals surface area contributed by atoms with Crippen LogP contribution in [0.2, 0.25) is 0 Å². The fourth-order valence-corrected chi connectivity index (χ4v) is 1.87. The Morgan fingerprint density at radius 3 is 2.50 bits per heavy atom. The number of pyridine rings is 1. The minimum Gasteiger partial charge on any atom is -0.350 e. The van der Waals surface area contributed by atoms with Crippen LogP contribution < -0.4 is 5.43 Å². The number of hydrogen-bond acceptors (Lipinski definition) is 1. The van der Waals surface area contributed by atoms with Gasteiger partial charge in [0.1, 0.15) is 5.82 Å². The van der Waals surface area contributed by atoms with Crippen molar-refractivity contribution < 1.29 is 4.39 Å². The minimum atomic E-state index is -0.268. The van der Waals surface area contributed by atoms with Crippen LogP contribution in [0.4, 0.5) is 4.39 Å². The highest BCUT2D eigenvalue weighted by atomic mass is 79.9. The SMILES string of the molecule is O=c1ccn(Cc2ccc(F)cc2Br)cc1. The summed E-state index contributed by atoms with van der Waals surface area (Å²) in [6.45, 7) is 0.598. The molecule has 2 nitrogen and oxygen atoms in total. The zero-order valence-electron chi connectivity index (χ0n) is 8.36. The molecular formula is C12H9BrFNO. The van der Waals surface area contributed by atoms with Crippen molar-refractivity contribution in [1.82, 2.24) is 4.57 Å². The highest BCUT2D eigenvalue weighted by molar-refractivity contribution is 9.10. The number of aromatic nitrogens is 1. The first-order chi connectivity index (χ1) is 7.65. The Morgan fingerprint density at radius 2 is 1.88 bits per heavy atom. The topological polar surface area (TPSA) is 22.0 Å². The molecule has 0 amide bonds. The Balaban J connectivity index is 2.27. The molecule has 2 aromatic rings. The predicted octanol–water partition coefficient (Wildman–Crippen LogP) is 2.80. The van der Waals surface area contributed by atoms with E-state index in [-0.39, 0.29) is 11.2 Å². The summed E-state index contributed by atoms with van der Waals surface area (Å²) in [5, 5.41) is 0. The average molecular weight is 282 g/mol. The number of benzene rings is 1. The smallest absolute Gasteiger partial charge is 0.181 e. The first-order valence-corrected chi connectivity index (χ1v) is 5.54. The number of nitrogens with zero attached hydrogens (tertiary/aromatic N) is 1. The quantitative estimate of drug-likeness (QED) is 0.830. The molecule has 0 aliphatic rings. The van der Waals surface area contributed by atoms with Gasteiger partial charge >= 0.3 is 0 Å². The standard InChI is InChI=1S/C12H9BrFNO/c13-12-7-10(14)2-1-9(12)8-15-5-3-11(16)4-6-15/h1-7H,8H2. The third-order valence-corrected chi connectivity index (χ3v) is 2.97. The van der Waals surface area contributed by atoms with Crippen molar-refractivity contribution in [2.75, 3.05) is 0 Å². The van der Waals surface area contributed by atoms with Crippen molar-refractivity contribution in [1.29, 1.82) is 0 Å². The monoisotopic (exact) mass is 281 g/mol. The predicted molar refractivity (Wildman–Crippen MR) is 63.9 cm³/mol. The van der Waals surface area contributed by atoms with Gasteiger partial charge in [0, 0.05) is 35.5 Å².